The number of carbonyl (C=O) groups excluding carboxylic acids is 1. The molecule has 3 nitrogen and oxygen atoms in total. The Morgan fingerprint density at radius 1 is 1.56 bits per heavy atom. The van der Waals surface area contributed by atoms with E-state index in [-0.39, 0.29) is 11.9 Å². The molecule has 1 saturated heterocycles. The van der Waals surface area contributed by atoms with E-state index in [0.717, 1.165) is 25.8 Å². The number of rotatable bonds is 0. The van der Waals surface area contributed by atoms with Gasteiger partial charge in [0.15, 0.2) is 6.04 Å². The third kappa shape index (κ3) is 1.68. The Kier molecular flexibility index (Phi) is 2.05. The molecule has 3 heteroatoms. The number of hydrogen-bond acceptors (Lipinski definition) is 1. The summed E-state index contributed by atoms with van der Waals surface area (Å²) in [6.45, 7) is 0.838. The lowest BCUT2D eigenvalue weighted by atomic mass is 10.1. The van der Waals surface area contributed by atoms with Crippen LogP contribution in [0, 0.1) is 0 Å². The van der Waals surface area contributed by atoms with Crippen molar-refractivity contribution in [3.63, 3.8) is 0 Å². The minimum Gasteiger partial charge on any atom is -0.351 e. The normalized spacial score (nSPS) is 29.0. The molecule has 0 aromatic carbocycles. The summed E-state index contributed by atoms with van der Waals surface area (Å²) < 4.78 is 0. The van der Waals surface area contributed by atoms with Crippen molar-refractivity contribution >= 4 is 5.91 Å². The zero-order chi connectivity index (χ0) is 6.69. The van der Waals surface area contributed by atoms with Gasteiger partial charge in [0.25, 0.3) is 5.91 Å². The van der Waals surface area contributed by atoms with Gasteiger partial charge in [0.1, 0.15) is 0 Å². The van der Waals surface area contributed by atoms with Crippen LogP contribution in [0.2, 0.25) is 0 Å². The zero-order valence-corrected chi connectivity index (χ0v) is 5.52. The molecule has 1 fully saturated rings. The maximum absolute atomic E-state index is 10.8. The predicted octanol–water partition coefficient (Wildman–Crippen LogP) is -1.10. The van der Waals surface area contributed by atoms with Gasteiger partial charge in [-0.15, -0.1) is 0 Å². The molecule has 1 aliphatic heterocycles. The van der Waals surface area contributed by atoms with E-state index in [0.29, 0.717) is 0 Å². The minimum atomic E-state index is -0.00694. The molecule has 9 heavy (non-hydrogen) atoms. The smallest absolute Gasteiger partial charge is 0.278 e. The Balaban J connectivity index is 2.41. The third-order valence-corrected chi connectivity index (χ3v) is 1.65. The summed E-state index contributed by atoms with van der Waals surface area (Å²) in [4.78, 5) is 10.8. The maximum Gasteiger partial charge on any atom is 0.278 e. The van der Waals surface area contributed by atoms with Crippen LogP contribution in [-0.2, 0) is 4.79 Å². The molecule has 0 spiro atoms. The molecule has 0 saturated carbocycles. The fraction of sp³-hybridized carbons (Fsp3) is 0.833. The summed E-state index contributed by atoms with van der Waals surface area (Å²) in [6.07, 6.45) is 3.19. The van der Waals surface area contributed by atoms with Crippen LogP contribution in [0.25, 0.3) is 0 Å². The average molecular weight is 129 g/mol. The molecular weight excluding hydrogens is 116 g/mol. The minimum absolute atomic E-state index is 0.00694. The Labute approximate surface area is 54.6 Å². The second-order valence-electron chi connectivity index (χ2n) is 2.48. The van der Waals surface area contributed by atoms with Gasteiger partial charge < -0.3 is 11.1 Å². The Morgan fingerprint density at radius 2 is 2.33 bits per heavy atom. The van der Waals surface area contributed by atoms with Crippen LogP contribution in [-0.4, -0.2) is 18.5 Å². The lowest BCUT2D eigenvalue weighted by Gasteiger charge is -2.00. The average Bonchev–Trinajstić information content (AvgIpc) is 1.99. The zero-order valence-electron chi connectivity index (χ0n) is 5.52. The molecular formula is C6H13N2O+. The van der Waals surface area contributed by atoms with Crippen molar-refractivity contribution in [1.29, 1.82) is 0 Å². The fourth-order valence-corrected chi connectivity index (χ4v) is 1.00. The van der Waals surface area contributed by atoms with Gasteiger partial charge in [-0.1, -0.05) is 0 Å². The second-order valence-corrected chi connectivity index (χ2v) is 2.48. The van der Waals surface area contributed by atoms with Crippen LogP contribution in [0.15, 0.2) is 0 Å². The second kappa shape index (κ2) is 2.82. The van der Waals surface area contributed by atoms with Crippen molar-refractivity contribution in [3.8, 4) is 0 Å². The highest BCUT2D eigenvalue weighted by atomic mass is 16.2. The fourth-order valence-electron chi connectivity index (χ4n) is 1.00. The summed E-state index contributed by atoms with van der Waals surface area (Å²) in [5.41, 5.74) is 3.73. The molecule has 0 aromatic heterocycles. The lowest BCUT2D eigenvalue weighted by molar-refractivity contribution is -0.404. The van der Waals surface area contributed by atoms with Crippen LogP contribution >= 0.6 is 0 Å². The summed E-state index contributed by atoms with van der Waals surface area (Å²) in [6, 6.07) is -0.00694. The van der Waals surface area contributed by atoms with E-state index in [4.69, 9.17) is 0 Å². The van der Waals surface area contributed by atoms with Gasteiger partial charge in [0, 0.05) is 13.0 Å². The predicted molar refractivity (Wildman–Crippen MR) is 33.5 cm³/mol. The number of quaternary nitrogens is 1. The van der Waals surface area contributed by atoms with Gasteiger partial charge in [-0.25, -0.2) is 0 Å². The molecule has 0 unspecified atom stereocenters. The lowest BCUT2D eigenvalue weighted by Crippen LogP contribution is -2.66. The van der Waals surface area contributed by atoms with Crippen LogP contribution in [0.3, 0.4) is 0 Å². The first-order valence-electron chi connectivity index (χ1n) is 3.41. The molecule has 0 bridgehead atoms. The van der Waals surface area contributed by atoms with Gasteiger partial charge in [-0.3, -0.25) is 4.79 Å². The highest BCUT2D eigenvalue weighted by Gasteiger charge is 2.18. The van der Waals surface area contributed by atoms with E-state index in [1.165, 1.54) is 0 Å². The van der Waals surface area contributed by atoms with Crippen molar-refractivity contribution in [2.45, 2.75) is 25.3 Å². The van der Waals surface area contributed by atoms with Gasteiger partial charge in [-0.05, 0) is 12.8 Å². The van der Waals surface area contributed by atoms with E-state index in [1.807, 2.05) is 0 Å². The van der Waals surface area contributed by atoms with Crippen LogP contribution in [0.5, 0.6) is 0 Å². The maximum atomic E-state index is 10.8. The summed E-state index contributed by atoms with van der Waals surface area (Å²) in [7, 11) is 0. The highest BCUT2D eigenvalue weighted by Crippen LogP contribution is 2.00. The summed E-state index contributed by atoms with van der Waals surface area (Å²) in [5.74, 6) is 0.118. The van der Waals surface area contributed by atoms with Gasteiger partial charge in [0.05, 0.1) is 0 Å². The van der Waals surface area contributed by atoms with E-state index in [1.54, 1.807) is 0 Å². The van der Waals surface area contributed by atoms with Crippen LogP contribution < -0.4 is 11.1 Å². The molecule has 1 rings (SSSR count). The monoisotopic (exact) mass is 129 g/mol. The standard InChI is InChI=1S/C6H12N2O/c7-5-3-1-2-4-8-6(5)9/h5H,1-4,7H2,(H,8,9)/p+1/t5-/m0/s1. The SMILES string of the molecule is [NH3+][C@H]1CCCCNC1=O. The topological polar surface area (TPSA) is 56.7 Å². The molecule has 4 N–H and O–H groups in total. The first-order chi connectivity index (χ1) is 4.30. The molecule has 52 valence electrons. The van der Waals surface area contributed by atoms with Crippen molar-refractivity contribution in [2.24, 2.45) is 0 Å². The van der Waals surface area contributed by atoms with Gasteiger partial charge in [-0.2, -0.15) is 0 Å². The van der Waals surface area contributed by atoms with E-state index in [2.05, 4.69) is 11.1 Å². The number of nitrogens with one attached hydrogen (secondary N) is 1. The molecule has 1 heterocycles. The van der Waals surface area contributed by atoms with Gasteiger partial charge in [0.2, 0.25) is 0 Å². The third-order valence-electron chi connectivity index (χ3n) is 1.65. The Hall–Kier alpha value is -0.570. The molecule has 0 aliphatic carbocycles. The van der Waals surface area contributed by atoms with Gasteiger partial charge >= 0.3 is 0 Å². The van der Waals surface area contributed by atoms with Crippen molar-refractivity contribution in [1.82, 2.24) is 5.32 Å². The van der Waals surface area contributed by atoms with Crippen LogP contribution in [0.4, 0.5) is 0 Å². The molecule has 1 amide bonds. The van der Waals surface area contributed by atoms with Crippen molar-refractivity contribution < 1.29 is 10.5 Å². The first kappa shape index (κ1) is 6.55. The first-order valence-corrected chi connectivity index (χ1v) is 3.41. The van der Waals surface area contributed by atoms with E-state index >= 15 is 0 Å². The largest absolute Gasteiger partial charge is 0.351 e. The Morgan fingerprint density at radius 3 is 3.11 bits per heavy atom. The molecule has 0 radical (unpaired) electrons. The number of amides is 1. The van der Waals surface area contributed by atoms with E-state index < -0.39 is 0 Å². The highest BCUT2D eigenvalue weighted by molar-refractivity contribution is 5.80. The number of hydrogen-bond donors (Lipinski definition) is 2. The molecule has 1 aliphatic rings. The number of carbonyl (C=O) groups is 1. The van der Waals surface area contributed by atoms with Crippen molar-refractivity contribution in [2.75, 3.05) is 6.54 Å². The quantitative estimate of drug-likeness (QED) is 0.428. The molecule has 0 aromatic rings. The summed E-state index contributed by atoms with van der Waals surface area (Å²) >= 11 is 0. The van der Waals surface area contributed by atoms with Crippen LogP contribution in [0.1, 0.15) is 19.3 Å². The Bertz CT molecular complexity index is 114. The van der Waals surface area contributed by atoms with E-state index in [9.17, 15) is 4.79 Å². The van der Waals surface area contributed by atoms with Crippen molar-refractivity contribution in [3.05, 3.63) is 0 Å². The summed E-state index contributed by atoms with van der Waals surface area (Å²) in [5, 5.41) is 2.79. The molecule has 1 atom stereocenters.